The predicted octanol–water partition coefficient (Wildman–Crippen LogP) is 2.60. The van der Waals surface area contributed by atoms with Crippen LogP contribution in [0.4, 0.5) is 5.69 Å². The fourth-order valence-corrected chi connectivity index (χ4v) is 3.30. The summed E-state index contributed by atoms with van der Waals surface area (Å²) in [7, 11) is 0. The highest BCUT2D eigenvalue weighted by atomic mass is 16.6. The molecule has 2 N–H and O–H groups in total. The van der Waals surface area contributed by atoms with Crippen molar-refractivity contribution in [3.63, 3.8) is 0 Å². The number of nitro benzene ring substituents is 1. The summed E-state index contributed by atoms with van der Waals surface area (Å²) in [6.45, 7) is 11.5. The van der Waals surface area contributed by atoms with Gasteiger partial charge in [0.1, 0.15) is 0 Å². The highest BCUT2D eigenvalue weighted by molar-refractivity contribution is 5.57. The van der Waals surface area contributed by atoms with Gasteiger partial charge in [0.15, 0.2) is 5.75 Å². The maximum atomic E-state index is 11.3. The van der Waals surface area contributed by atoms with Crippen LogP contribution in [-0.2, 0) is 0 Å². The van der Waals surface area contributed by atoms with E-state index < -0.39 is 4.92 Å². The van der Waals surface area contributed by atoms with Crippen LogP contribution in [0.1, 0.15) is 37.9 Å². The third-order valence-corrected chi connectivity index (χ3v) is 4.20. The topological polar surface area (TPSA) is 78.6 Å². The van der Waals surface area contributed by atoms with Crippen LogP contribution in [0, 0.1) is 22.5 Å². The summed E-state index contributed by atoms with van der Waals surface area (Å²) in [5.74, 6) is -0.191. The van der Waals surface area contributed by atoms with E-state index in [1.807, 2.05) is 6.07 Å². The van der Waals surface area contributed by atoms with Gasteiger partial charge in [-0.25, -0.2) is 0 Å². The van der Waals surface area contributed by atoms with Gasteiger partial charge in [-0.05, 0) is 12.3 Å². The highest BCUT2D eigenvalue weighted by Gasteiger charge is 2.36. The molecule has 1 fully saturated rings. The number of hydrogen-bond donors (Lipinski definition) is 2. The van der Waals surface area contributed by atoms with Gasteiger partial charge in [0.05, 0.1) is 4.92 Å². The first kappa shape index (κ1) is 16.7. The number of benzene rings is 1. The number of aromatic hydroxyl groups is 1. The lowest BCUT2D eigenvalue weighted by Crippen LogP contribution is -2.48. The molecule has 0 bridgehead atoms. The molecule has 0 amide bonds. The first-order valence-corrected chi connectivity index (χ1v) is 7.65. The zero-order valence-corrected chi connectivity index (χ0v) is 13.7. The summed E-state index contributed by atoms with van der Waals surface area (Å²) in [6, 6.07) is 3.50. The van der Waals surface area contributed by atoms with Crippen molar-refractivity contribution in [3.05, 3.63) is 33.4 Å². The number of piperazine rings is 1. The minimum absolute atomic E-state index is 0.0612. The molecule has 0 radical (unpaired) electrons. The molecule has 2 rings (SSSR count). The summed E-state index contributed by atoms with van der Waals surface area (Å²) in [4.78, 5) is 13.1. The standard InChI is InChI=1S/C16H25N3O3/c1-11-5-6-12(14(20)13(11)19(21)22)15(16(2,3)4)18-9-7-17-8-10-18/h5-6,15,17,20H,7-10H2,1-4H3/t15-/m1/s1. The normalized spacial score (nSPS) is 18.2. The second kappa shape index (κ2) is 6.22. The van der Waals surface area contributed by atoms with Crippen molar-refractivity contribution >= 4 is 5.69 Å². The zero-order chi connectivity index (χ0) is 16.5. The van der Waals surface area contributed by atoms with Gasteiger partial charge in [-0.2, -0.15) is 0 Å². The van der Waals surface area contributed by atoms with E-state index in [0.717, 1.165) is 26.2 Å². The number of rotatable bonds is 3. The summed E-state index contributed by atoms with van der Waals surface area (Å²) in [6.07, 6.45) is 0. The van der Waals surface area contributed by atoms with Gasteiger partial charge in [-0.15, -0.1) is 0 Å². The zero-order valence-electron chi connectivity index (χ0n) is 13.7. The lowest BCUT2D eigenvalue weighted by atomic mass is 9.80. The lowest BCUT2D eigenvalue weighted by Gasteiger charge is -2.42. The minimum atomic E-state index is -0.494. The van der Waals surface area contributed by atoms with Crippen molar-refractivity contribution in [1.29, 1.82) is 0 Å². The molecule has 1 aliphatic heterocycles. The monoisotopic (exact) mass is 307 g/mol. The molecule has 1 saturated heterocycles. The van der Waals surface area contributed by atoms with Crippen molar-refractivity contribution in [2.24, 2.45) is 5.41 Å². The number of phenols is 1. The van der Waals surface area contributed by atoms with Crippen LogP contribution >= 0.6 is 0 Å². The molecule has 0 unspecified atom stereocenters. The van der Waals surface area contributed by atoms with Gasteiger partial charge in [0.2, 0.25) is 0 Å². The molecule has 1 aromatic rings. The maximum absolute atomic E-state index is 11.3. The molecule has 0 aromatic heterocycles. The second-order valence-corrected chi connectivity index (χ2v) is 6.98. The molecular weight excluding hydrogens is 282 g/mol. The fraction of sp³-hybridized carbons (Fsp3) is 0.625. The first-order valence-electron chi connectivity index (χ1n) is 7.65. The molecule has 0 aliphatic carbocycles. The van der Waals surface area contributed by atoms with E-state index in [2.05, 4.69) is 31.0 Å². The lowest BCUT2D eigenvalue weighted by molar-refractivity contribution is -0.386. The third-order valence-electron chi connectivity index (χ3n) is 4.20. The van der Waals surface area contributed by atoms with E-state index in [1.165, 1.54) is 0 Å². The average molecular weight is 307 g/mol. The Labute approximate surface area is 131 Å². The summed E-state index contributed by atoms with van der Waals surface area (Å²) in [5, 5.41) is 25.1. The molecule has 1 aromatic carbocycles. The molecule has 0 spiro atoms. The molecule has 6 nitrogen and oxygen atoms in total. The largest absolute Gasteiger partial charge is 0.502 e. The van der Waals surface area contributed by atoms with Crippen LogP contribution in [0.15, 0.2) is 12.1 Å². The Morgan fingerprint density at radius 3 is 2.41 bits per heavy atom. The van der Waals surface area contributed by atoms with Crippen LogP contribution in [0.2, 0.25) is 0 Å². The van der Waals surface area contributed by atoms with Crippen molar-refractivity contribution in [3.8, 4) is 5.75 Å². The molecule has 1 heterocycles. The Balaban J connectivity index is 2.53. The average Bonchev–Trinajstić information content (AvgIpc) is 2.41. The Bertz CT molecular complexity index is 560. The SMILES string of the molecule is Cc1ccc([C@@H](N2CCNCC2)C(C)(C)C)c(O)c1[N+](=O)[O-]. The van der Waals surface area contributed by atoms with Crippen molar-refractivity contribution in [1.82, 2.24) is 10.2 Å². The molecule has 0 saturated carbocycles. The van der Waals surface area contributed by atoms with Crippen LogP contribution in [0.3, 0.4) is 0 Å². The number of nitrogens with zero attached hydrogens (tertiary/aromatic N) is 2. The van der Waals surface area contributed by atoms with E-state index in [0.29, 0.717) is 11.1 Å². The van der Waals surface area contributed by atoms with Crippen LogP contribution < -0.4 is 5.32 Å². The fourth-order valence-electron chi connectivity index (χ4n) is 3.30. The second-order valence-electron chi connectivity index (χ2n) is 6.98. The number of hydrogen-bond acceptors (Lipinski definition) is 5. The van der Waals surface area contributed by atoms with Gasteiger partial charge >= 0.3 is 5.69 Å². The van der Waals surface area contributed by atoms with Gasteiger partial charge in [0.25, 0.3) is 0 Å². The Morgan fingerprint density at radius 1 is 1.32 bits per heavy atom. The number of nitro groups is 1. The number of aryl methyl sites for hydroxylation is 1. The Kier molecular flexibility index (Phi) is 4.72. The molecule has 6 heteroatoms. The van der Waals surface area contributed by atoms with E-state index in [9.17, 15) is 15.2 Å². The number of phenolic OH excluding ortho intramolecular Hbond substituents is 1. The quantitative estimate of drug-likeness (QED) is 0.663. The molecule has 122 valence electrons. The third kappa shape index (κ3) is 3.23. The van der Waals surface area contributed by atoms with Crippen molar-refractivity contribution < 1.29 is 10.0 Å². The molecular formula is C16H25N3O3. The number of nitrogens with one attached hydrogen (secondary N) is 1. The Hall–Kier alpha value is -1.66. The van der Waals surface area contributed by atoms with E-state index in [1.54, 1.807) is 13.0 Å². The highest BCUT2D eigenvalue weighted by Crippen LogP contribution is 2.45. The molecule has 22 heavy (non-hydrogen) atoms. The van der Waals surface area contributed by atoms with Gasteiger partial charge in [-0.3, -0.25) is 15.0 Å². The van der Waals surface area contributed by atoms with Crippen LogP contribution in [0.25, 0.3) is 0 Å². The van der Waals surface area contributed by atoms with E-state index in [-0.39, 0.29) is 22.9 Å². The summed E-state index contributed by atoms with van der Waals surface area (Å²) < 4.78 is 0. The molecule has 1 aliphatic rings. The van der Waals surface area contributed by atoms with Gasteiger partial charge in [0, 0.05) is 43.3 Å². The summed E-state index contributed by atoms with van der Waals surface area (Å²) >= 11 is 0. The summed E-state index contributed by atoms with van der Waals surface area (Å²) in [5.41, 5.74) is 0.811. The minimum Gasteiger partial charge on any atom is -0.502 e. The van der Waals surface area contributed by atoms with E-state index >= 15 is 0 Å². The molecule has 1 atom stereocenters. The maximum Gasteiger partial charge on any atom is 0.313 e. The van der Waals surface area contributed by atoms with Crippen LogP contribution in [-0.4, -0.2) is 41.1 Å². The smallest absolute Gasteiger partial charge is 0.313 e. The van der Waals surface area contributed by atoms with Gasteiger partial charge in [-0.1, -0.05) is 32.9 Å². The first-order chi connectivity index (χ1) is 10.2. The predicted molar refractivity (Wildman–Crippen MR) is 86.1 cm³/mol. The Morgan fingerprint density at radius 2 is 1.91 bits per heavy atom. The van der Waals surface area contributed by atoms with Gasteiger partial charge < -0.3 is 10.4 Å². The van der Waals surface area contributed by atoms with E-state index in [4.69, 9.17) is 0 Å². The van der Waals surface area contributed by atoms with Crippen molar-refractivity contribution in [2.75, 3.05) is 26.2 Å². The van der Waals surface area contributed by atoms with Crippen LogP contribution in [0.5, 0.6) is 5.75 Å². The van der Waals surface area contributed by atoms with Crippen molar-refractivity contribution in [2.45, 2.75) is 33.7 Å².